The molecule has 2 N–H and O–H groups in total. The molecule has 0 bridgehead atoms. The quantitative estimate of drug-likeness (QED) is 0.339. The van der Waals surface area contributed by atoms with Crippen LogP contribution in [0.15, 0.2) is 83.8 Å². The minimum absolute atomic E-state index is 0. The third kappa shape index (κ3) is 6.58. The van der Waals surface area contributed by atoms with Crippen LogP contribution in [0.25, 0.3) is 10.2 Å². The van der Waals surface area contributed by atoms with Crippen LogP contribution in [-0.4, -0.2) is 63.5 Å². The van der Waals surface area contributed by atoms with Crippen LogP contribution >= 0.6 is 23.7 Å². The van der Waals surface area contributed by atoms with Crippen molar-refractivity contribution >= 4 is 60.7 Å². The van der Waals surface area contributed by atoms with Crippen LogP contribution in [0.5, 0.6) is 0 Å². The molecule has 1 amide bonds. The van der Waals surface area contributed by atoms with Crippen LogP contribution in [-0.2, 0) is 10.0 Å². The third-order valence-electron chi connectivity index (χ3n) is 6.09. The summed E-state index contributed by atoms with van der Waals surface area (Å²) in [6.07, 6.45) is 0. The number of carbonyl (C=O) groups excluding carboxylic acids is 1. The first-order valence-corrected chi connectivity index (χ1v) is 14.1. The number of amides is 1. The molecule has 194 valence electrons. The Balaban J connectivity index is 0.00000320. The number of benzene rings is 3. The van der Waals surface area contributed by atoms with Gasteiger partial charge in [-0.15, -0.1) is 12.4 Å². The van der Waals surface area contributed by atoms with Crippen LogP contribution in [0.1, 0.15) is 10.4 Å². The van der Waals surface area contributed by atoms with Gasteiger partial charge in [-0.1, -0.05) is 41.7 Å². The molecule has 3 aromatic carbocycles. The SMILES string of the molecule is Cl.O=C(NCCN1CCN(c2nc3ccccc3s2)CC1)c1ccc(NS(=O)(=O)c2ccccc2)cc1. The molecule has 1 aromatic heterocycles. The molecule has 1 aliphatic heterocycles. The minimum atomic E-state index is -3.66. The normalized spacial score (nSPS) is 14.2. The number of nitrogens with one attached hydrogen (secondary N) is 2. The number of anilines is 2. The lowest BCUT2D eigenvalue weighted by Gasteiger charge is -2.34. The van der Waals surface area contributed by atoms with Gasteiger partial charge in [0.15, 0.2) is 5.13 Å². The van der Waals surface area contributed by atoms with E-state index in [0.29, 0.717) is 17.8 Å². The molecule has 0 spiro atoms. The molecule has 0 radical (unpaired) electrons. The molecule has 0 saturated carbocycles. The summed E-state index contributed by atoms with van der Waals surface area (Å²) in [5.41, 5.74) is 1.93. The van der Waals surface area contributed by atoms with Gasteiger partial charge in [0.1, 0.15) is 0 Å². The van der Waals surface area contributed by atoms with Crippen LogP contribution < -0.4 is 14.9 Å². The first-order chi connectivity index (χ1) is 17.5. The first-order valence-electron chi connectivity index (χ1n) is 11.8. The lowest BCUT2D eigenvalue weighted by molar-refractivity contribution is 0.0948. The maximum absolute atomic E-state index is 12.5. The van der Waals surface area contributed by atoms with Gasteiger partial charge in [0.2, 0.25) is 0 Å². The monoisotopic (exact) mass is 557 g/mol. The van der Waals surface area contributed by atoms with Crippen LogP contribution in [0.3, 0.4) is 0 Å². The van der Waals surface area contributed by atoms with E-state index < -0.39 is 10.0 Å². The predicted octanol–water partition coefficient (Wildman–Crippen LogP) is 4.07. The van der Waals surface area contributed by atoms with E-state index in [9.17, 15) is 13.2 Å². The van der Waals surface area contributed by atoms with E-state index in [1.54, 1.807) is 53.8 Å². The highest BCUT2D eigenvalue weighted by molar-refractivity contribution is 7.92. The Morgan fingerprint density at radius 3 is 2.27 bits per heavy atom. The van der Waals surface area contributed by atoms with Gasteiger partial charge < -0.3 is 10.2 Å². The molecule has 8 nitrogen and oxygen atoms in total. The fraction of sp³-hybridized carbons (Fsp3) is 0.231. The van der Waals surface area contributed by atoms with Gasteiger partial charge in [-0.05, 0) is 48.5 Å². The molecule has 1 saturated heterocycles. The summed E-state index contributed by atoms with van der Waals surface area (Å²) < 4.78 is 28.6. The summed E-state index contributed by atoms with van der Waals surface area (Å²) in [7, 11) is -3.66. The molecule has 5 rings (SSSR count). The zero-order chi connectivity index (χ0) is 25.0. The van der Waals surface area contributed by atoms with Crippen LogP contribution in [0, 0.1) is 0 Å². The zero-order valence-corrected chi connectivity index (χ0v) is 22.5. The number of nitrogens with zero attached hydrogens (tertiary/aromatic N) is 3. The standard InChI is InChI=1S/C26H27N5O3S2.ClH/c32-25(20-10-12-21(13-11-20)29-36(33,34)22-6-2-1-3-7-22)27-14-15-30-16-18-31(19-17-30)26-28-23-8-4-5-9-24(23)35-26;/h1-13,29H,14-19H2,(H,27,32);1H. The average molecular weight is 558 g/mol. The summed E-state index contributed by atoms with van der Waals surface area (Å²) in [5.74, 6) is -0.180. The molecule has 2 heterocycles. The molecule has 1 fully saturated rings. The fourth-order valence-electron chi connectivity index (χ4n) is 4.09. The van der Waals surface area contributed by atoms with E-state index in [-0.39, 0.29) is 23.2 Å². The van der Waals surface area contributed by atoms with Crippen molar-refractivity contribution in [3.05, 3.63) is 84.4 Å². The van der Waals surface area contributed by atoms with Gasteiger partial charge in [-0.25, -0.2) is 13.4 Å². The second-order valence-electron chi connectivity index (χ2n) is 8.54. The average Bonchev–Trinajstić information content (AvgIpc) is 3.34. The van der Waals surface area contributed by atoms with Gasteiger partial charge >= 0.3 is 0 Å². The molecule has 0 unspecified atom stereocenters. The van der Waals surface area contributed by atoms with E-state index in [2.05, 4.69) is 25.9 Å². The molecule has 0 atom stereocenters. The van der Waals surface area contributed by atoms with Gasteiger partial charge in [-0.2, -0.15) is 0 Å². The highest BCUT2D eigenvalue weighted by atomic mass is 35.5. The first kappa shape index (κ1) is 26.9. The Morgan fingerprint density at radius 2 is 1.57 bits per heavy atom. The maximum Gasteiger partial charge on any atom is 0.261 e. The van der Waals surface area contributed by atoms with Crippen molar-refractivity contribution < 1.29 is 13.2 Å². The molecule has 0 aliphatic carbocycles. The largest absolute Gasteiger partial charge is 0.351 e. The van der Waals surface area contributed by atoms with E-state index in [0.717, 1.165) is 43.4 Å². The van der Waals surface area contributed by atoms with Gasteiger partial charge in [-0.3, -0.25) is 14.4 Å². The molecule has 37 heavy (non-hydrogen) atoms. The van der Waals surface area contributed by atoms with Gasteiger partial charge in [0, 0.05) is 50.5 Å². The van der Waals surface area contributed by atoms with Gasteiger partial charge in [0.25, 0.3) is 15.9 Å². The van der Waals surface area contributed by atoms with E-state index in [4.69, 9.17) is 4.98 Å². The smallest absolute Gasteiger partial charge is 0.261 e. The predicted molar refractivity (Wildman–Crippen MR) is 152 cm³/mol. The van der Waals surface area contributed by atoms with Crippen molar-refractivity contribution in [2.75, 3.05) is 48.9 Å². The van der Waals surface area contributed by atoms with Crippen molar-refractivity contribution in [2.24, 2.45) is 0 Å². The van der Waals surface area contributed by atoms with Crippen molar-refractivity contribution in [2.45, 2.75) is 4.90 Å². The summed E-state index contributed by atoms with van der Waals surface area (Å²) in [4.78, 5) is 22.1. The van der Waals surface area contributed by atoms with Crippen molar-refractivity contribution in [1.29, 1.82) is 0 Å². The number of rotatable bonds is 8. The summed E-state index contributed by atoms with van der Waals surface area (Å²) >= 11 is 1.73. The number of sulfonamides is 1. The van der Waals surface area contributed by atoms with Crippen molar-refractivity contribution in [3.8, 4) is 0 Å². The number of piperazine rings is 1. The number of aromatic nitrogens is 1. The van der Waals surface area contributed by atoms with Crippen LogP contribution in [0.2, 0.25) is 0 Å². The molecular weight excluding hydrogens is 530 g/mol. The Labute approximate surface area is 226 Å². The zero-order valence-electron chi connectivity index (χ0n) is 20.0. The van der Waals surface area contributed by atoms with Gasteiger partial charge in [0.05, 0.1) is 15.1 Å². The van der Waals surface area contributed by atoms with E-state index in [1.807, 2.05) is 18.2 Å². The maximum atomic E-state index is 12.5. The number of thiazole rings is 1. The summed E-state index contributed by atoms with van der Waals surface area (Å²) in [5, 5.41) is 4.03. The van der Waals surface area contributed by atoms with E-state index >= 15 is 0 Å². The number of halogens is 1. The lowest BCUT2D eigenvalue weighted by atomic mass is 10.2. The number of para-hydroxylation sites is 1. The number of hydrogen-bond donors (Lipinski definition) is 2. The number of carbonyl (C=O) groups is 1. The number of hydrogen-bond acceptors (Lipinski definition) is 7. The fourth-order valence-corrected chi connectivity index (χ4v) is 6.19. The van der Waals surface area contributed by atoms with Crippen molar-refractivity contribution in [1.82, 2.24) is 15.2 Å². The third-order valence-corrected chi connectivity index (χ3v) is 8.59. The van der Waals surface area contributed by atoms with E-state index in [1.165, 1.54) is 16.8 Å². The molecule has 11 heteroatoms. The summed E-state index contributed by atoms with van der Waals surface area (Å²) in [6.45, 7) is 4.98. The Bertz CT molecular complexity index is 1410. The summed E-state index contributed by atoms with van der Waals surface area (Å²) in [6, 6.07) is 22.8. The molecule has 4 aromatic rings. The molecular formula is C26H28ClN5O3S2. The van der Waals surface area contributed by atoms with Crippen LogP contribution in [0.4, 0.5) is 10.8 Å². The Hall–Kier alpha value is -3.18. The van der Waals surface area contributed by atoms with Crippen molar-refractivity contribution in [3.63, 3.8) is 0 Å². The Kier molecular flexibility index (Phi) is 8.65. The Morgan fingerprint density at radius 1 is 0.892 bits per heavy atom. The highest BCUT2D eigenvalue weighted by Gasteiger charge is 2.20. The number of fused-ring (bicyclic) bond motifs is 1. The minimum Gasteiger partial charge on any atom is -0.351 e. The second kappa shape index (κ2) is 11.9. The highest BCUT2D eigenvalue weighted by Crippen LogP contribution is 2.29. The lowest BCUT2D eigenvalue weighted by Crippen LogP contribution is -2.48. The topological polar surface area (TPSA) is 94.6 Å². The second-order valence-corrected chi connectivity index (χ2v) is 11.2. The molecule has 1 aliphatic rings.